The molecule has 0 aromatic heterocycles. The van der Waals surface area contributed by atoms with Gasteiger partial charge in [-0.3, -0.25) is 9.69 Å². The molecular weight excluding hydrogens is 478 g/mol. The van der Waals surface area contributed by atoms with Crippen LogP contribution in [0.5, 0.6) is 5.75 Å². The van der Waals surface area contributed by atoms with Crippen LogP contribution in [0.25, 0.3) is 0 Å². The number of benzene rings is 3. The van der Waals surface area contributed by atoms with Crippen LogP contribution in [0.1, 0.15) is 21.5 Å². The number of piperazine rings is 1. The van der Waals surface area contributed by atoms with E-state index in [1.165, 1.54) is 6.07 Å². The van der Waals surface area contributed by atoms with Crippen molar-refractivity contribution in [2.24, 2.45) is 0 Å². The first-order chi connectivity index (χ1) is 15.5. The highest BCUT2D eigenvalue weighted by molar-refractivity contribution is 9.10. The smallest absolute Gasteiger partial charge is 0.253 e. The van der Waals surface area contributed by atoms with E-state index in [0.29, 0.717) is 50.5 Å². The normalized spacial score (nSPS) is 14.4. The Hall–Kier alpha value is -2.77. The Kier molecular flexibility index (Phi) is 7.17. The Balaban J connectivity index is 1.29. The first kappa shape index (κ1) is 22.4. The summed E-state index contributed by atoms with van der Waals surface area (Å²) >= 11 is 3.46. The minimum absolute atomic E-state index is 0.0279. The number of carbonyl (C=O) groups excluding carboxylic acids is 1. The molecule has 0 spiro atoms. The van der Waals surface area contributed by atoms with Crippen molar-refractivity contribution in [2.75, 3.05) is 26.2 Å². The monoisotopic (exact) mass is 500 g/mol. The molecule has 0 unspecified atom stereocenters. The first-order valence-electron chi connectivity index (χ1n) is 10.4. The van der Waals surface area contributed by atoms with Crippen molar-refractivity contribution >= 4 is 21.8 Å². The number of carbonyl (C=O) groups is 1. The molecule has 1 heterocycles. The predicted octanol–water partition coefficient (Wildman–Crippen LogP) is 5.26. The van der Waals surface area contributed by atoms with Crippen LogP contribution in [0.2, 0.25) is 0 Å². The van der Waals surface area contributed by atoms with Crippen molar-refractivity contribution in [3.05, 3.63) is 99.5 Å². The standard InChI is InChI=1S/C25H23BrF2N2O2/c26-21-5-1-2-7-23(21)32-17-18-8-10-19(11-9-18)25(31)30-14-12-29(13-15-30)16-20-4-3-6-22(27)24(20)28/h1-11H,12-17H2. The van der Waals surface area contributed by atoms with Crippen LogP contribution in [0.15, 0.2) is 71.2 Å². The number of rotatable bonds is 6. The molecule has 4 rings (SSSR count). The van der Waals surface area contributed by atoms with Crippen LogP contribution >= 0.6 is 15.9 Å². The second-order valence-electron chi connectivity index (χ2n) is 7.70. The van der Waals surface area contributed by atoms with Crippen LogP contribution in [0, 0.1) is 11.6 Å². The van der Waals surface area contributed by atoms with Gasteiger partial charge in [-0.2, -0.15) is 0 Å². The summed E-state index contributed by atoms with van der Waals surface area (Å²) in [6, 6.07) is 19.3. The molecule has 166 valence electrons. The first-order valence-corrected chi connectivity index (χ1v) is 11.2. The minimum atomic E-state index is -0.832. The molecule has 1 saturated heterocycles. The van der Waals surface area contributed by atoms with E-state index in [0.717, 1.165) is 21.9 Å². The van der Waals surface area contributed by atoms with Gasteiger partial charge in [0.1, 0.15) is 12.4 Å². The SMILES string of the molecule is O=C(c1ccc(COc2ccccc2Br)cc1)N1CCN(Cc2cccc(F)c2F)CC1. The Morgan fingerprint density at radius 1 is 0.906 bits per heavy atom. The number of para-hydroxylation sites is 1. The van der Waals surface area contributed by atoms with Crippen LogP contribution in [0.4, 0.5) is 8.78 Å². The fourth-order valence-corrected chi connectivity index (χ4v) is 4.07. The lowest BCUT2D eigenvalue weighted by Crippen LogP contribution is -2.48. The van der Waals surface area contributed by atoms with Gasteiger partial charge in [0, 0.05) is 43.9 Å². The molecule has 0 N–H and O–H groups in total. The lowest BCUT2D eigenvalue weighted by atomic mass is 10.1. The van der Waals surface area contributed by atoms with Gasteiger partial charge in [-0.25, -0.2) is 8.78 Å². The third-order valence-corrected chi connectivity index (χ3v) is 6.17. The molecule has 1 aliphatic rings. The highest BCUT2D eigenvalue weighted by atomic mass is 79.9. The van der Waals surface area contributed by atoms with Crippen molar-refractivity contribution in [1.29, 1.82) is 0 Å². The molecule has 32 heavy (non-hydrogen) atoms. The van der Waals surface area contributed by atoms with E-state index in [1.54, 1.807) is 11.0 Å². The zero-order valence-corrected chi connectivity index (χ0v) is 19.0. The summed E-state index contributed by atoms with van der Waals surface area (Å²) in [6.07, 6.45) is 0. The maximum atomic E-state index is 13.9. The molecule has 3 aromatic rings. The van der Waals surface area contributed by atoms with Gasteiger partial charge in [-0.05, 0) is 51.8 Å². The molecule has 1 amide bonds. The number of hydrogen-bond acceptors (Lipinski definition) is 3. The molecule has 7 heteroatoms. The third kappa shape index (κ3) is 5.34. The quantitative estimate of drug-likeness (QED) is 0.462. The zero-order chi connectivity index (χ0) is 22.5. The number of amides is 1. The molecule has 0 atom stereocenters. The number of ether oxygens (including phenoxy) is 1. The van der Waals surface area contributed by atoms with E-state index >= 15 is 0 Å². The highest BCUT2D eigenvalue weighted by Gasteiger charge is 2.23. The lowest BCUT2D eigenvalue weighted by Gasteiger charge is -2.34. The summed E-state index contributed by atoms with van der Waals surface area (Å²) < 4.78 is 34.0. The van der Waals surface area contributed by atoms with E-state index in [9.17, 15) is 13.6 Å². The summed E-state index contributed by atoms with van der Waals surface area (Å²) in [4.78, 5) is 16.7. The number of nitrogens with zero attached hydrogens (tertiary/aromatic N) is 2. The van der Waals surface area contributed by atoms with E-state index in [4.69, 9.17) is 4.74 Å². The van der Waals surface area contributed by atoms with Gasteiger partial charge in [0.2, 0.25) is 0 Å². The second-order valence-corrected chi connectivity index (χ2v) is 8.55. The molecule has 0 radical (unpaired) electrons. The van der Waals surface area contributed by atoms with E-state index < -0.39 is 11.6 Å². The molecule has 1 aliphatic heterocycles. The minimum Gasteiger partial charge on any atom is -0.488 e. The largest absolute Gasteiger partial charge is 0.488 e. The van der Waals surface area contributed by atoms with E-state index in [-0.39, 0.29) is 5.91 Å². The molecule has 0 saturated carbocycles. The number of hydrogen-bond donors (Lipinski definition) is 0. The van der Waals surface area contributed by atoms with Crippen molar-refractivity contribution in [3.63, 3.8) is 0 Å². The summed E-state index contributed by atoms with van der Waals surface area (Å²) in [5, 5.41) is 0. The Morgan fingerprint density at radius 3 is 2.34 bits per heavy atom. The van der Waals surface area contributed by atoms with E-state index in [1.807, 2.05) is 53.4 Å². The summed E-state index contributed by atoms with van der Waals surface area (Å²) in [7, 11) is 0. The Morgan fingerprint density at radius 2 is 1.62 bits per heavy atom. The van der Waals surface area contributed by atoms with Gasteiger partial charge >= 0.3 is 0 Å². The highest BCUT2D eigenvalue weighted by Crippen LogP contribution is 2.25. The van der Waals surface area contributed by atoms with Gasteiger partial charge in [0.25, 0.3) is 5.91 Å². The molecule has 1 fully saturated rings. The van der Waals surface area contributed by atoms with Gasteiger partial charge in [0.05, 0.1) is 4.47 Å². The van der Waals surface area contributed by atoms with Gasteiger partial charge in [0.15, 0.2) is 11.6 Å². The molecule has 0 bridgehead atoms. The average molecular weight is 501 g/mol. The van der Waals surface area contributed by atoms with E-state index in [2.05, 4.69) is 15.9 Å². The Labute approximate surface area is 194 Å². The van der Waals surface area contributed by atoms with Gasteiger partial charge in [-0.1, -0.05) is 36.4 Å². The van der Waals surface area contributed by atoms with Crippen LogP contribution < -0.4 is 4.74 Å². The van der Waals surface area contributed by atoms with Gasteiger partial charge in [-0.15, -0.1) is 0 Å². The number of halogens is 3. The Bertz CT molecular complexity index is 1080. The maximum Gasteiger partial charge on any atom is 0.253 e. The lowest BCUT2D eigenvalue weighted by molar-refractivity contribution is 0.0627. The van der Waals surface area contributed by atoms with Crippen molar-refractivity contribution in [2.45, 2.75) is 13.2 Å². The summed E-state index contributed by atoms with van der Waals surface area (Å²) in [6.45, 7) is 3.05. The van der Waals surface area contributed by atoms with Crippen molar-refractivity contribution in [3.8, 4) is 5.75 Å². The fraction of sp³-hybridized carbons (Fsp3) is 0.240. The maximum absolute atomic E-state index is 13.9. The zero-order valence-electron chi connectivity index (χ0n) is 17.4. The molecular formula is C25H23BrF2N2O2. The van der Waals surface area contributed by atoms with Crippen LogP contribution in [-0.4, -0.2) is 41.9 Å². The topological polar surface area (TPSA) is 32.8 Å². The summed E-state index contributed by atoms with van der Waals surface area (Å²) in [5.74, 6) is -0.889. The van der Waals surface area contributed by atoms with Crippen molar-refractivity contribution in [1.82, 2.24) is 9.80 Å². The average Bonchev–Trinajstić information content (AvgIpc) is 2.82. The summed E-state index contributed by atoms with van der Waals surface area (Å²) in [5.41, 5.74) is 1.93. The fourth-order valence-electron chi connectivity index (χ4n) is 3.67. The predicted molar refractivity (Wildman–Crippen MR) is 122 cm³/mol. The van der Waals surface area contributed by atoms with Crippen LogP contribution in [0.3, 0.4) is 0 Å². The molecule has 0 aliphatic carbocycles. The van der Waals surface area contributed by atoms with Crippen molar-refractivity contribution < 1.29 is 18.3 Å². The molecule has 4 nitrogen and oxygen atoms in total. The second kappa shape index (κ2) is 10.2. The third-order valence-electron chi connectivity index (χ3n) is 5.52. The van der Waals surface area contributed by atoms with Gasteiger partial charge < -0.3 is 9.64 Å². The van der Waals surface area contributed by atoms with Crippen LogP contribution in [-0.2, 0) is 13.2 Å². The molecule has 3 aromatic carbocycles.